The number of aromatic nitrogens is 4. The molecule has 3 N–H and O–H groups in total. The Hall–Kier alpha value is -2.13. The topological polar surface area (TPSA) is 80.5 Å². The first-order chi connectivity index (χ1) is 6.31. The van der Waals surface area contributed by atoms with Crippen LogP contribution >= 0.6 is 0 Å². The van der Waals surface area contributed by atoms with Gasteiger partial charge in [0.2, 0.25) is 0 Å². The van der Waals surface area contributed by atoms with Crippen molar-refractivity contribution in [3.63, 3.8) is 0 Å². The fourth-order valence-electron chi connectivity index (χ4n) is 1.03. The lowest BCUT2D eigenvalue weighted by molar-refractivity contribution is 1.17. The summed E-state index contributed by atoms with van der Waals surface area (Å²) in [5, 5.41) is 0. The van der Waals surface area contributed by atoms with Crippen molar-refractivity contribution in [2.24, 2.45) is 0 Å². The van der Waals surface area contributed by atoms with Gasteiger partial charge in [0.05, 0.1) is 6.33 Å². The van der Waals surface area contributed by atoms with Gasteiger partial charge in [-0.3, -0.25) is 0 Å². The van der Waals surface area contributed by atoms with Crippen LogP contribution in [0.4, 0.5) is 5.82 Å². The Labute approximate surface area is 74.0 Å². The largest absolute Gasteiger partial charge is 0.382 e. The molecule has 5 nitrogen and oxygen atoms in total. The molecule has 64 valence electrons. The van der Waals surface area contributed by atoms with Crippen molar-refractivity contribution in [2.75, 3.05) is 5.73 Å². The van der Waals surface area contributed by atoms with Crippen molar-refractivity contribution in [3.05, 3.63) is 24.5 Å². The molecule has 13 heavy (non-hydrogen) atoms. The van der Waals surface area contributed by atoms with Crippen LogP contribution in [-0.2, 0) is 0 Å². The number of nitrogens with one attached hydrogen (secondary N) is 1. The standard InChI is InChI=1S/C8H7N5/c1-2-3-5-12-7(9)6-8(13-5)11-4-10-6/h3-4H,1H2,(H3,9,10,11,12,13). The quantitative estimate of drug-likeness (QED) is 0.623. The molecule has 0 atom stereocenters. The number of nitrogens with two attached hydrogens (primary N) is 1. The maximum Gasteiger partial charge on any atom is 0.164 e. The summed E-state index contributed by atoms with van der Waals surface area (Å²) >= 11 is 0. The third-order valence-corrected chi connectivity index (χ3v) is 1.55. The van der Waals surface area contributed by atoms with Crippen LogP contribution < -0.4 is 5.73 Å². The van der Waals surface area contributed by atoms with E-state index in [0.29, 0.717) is 22.8 Å². The Morgan fingerprint density at radius 2 is 2.38 bits per heavy atom. The summed E-state index contributed by atoms with van der Waals surface area (Å²) in [6.45, 7) is 3.43. The fraction of sp³-hybridized carbons (Fsp3) is 0. The van der Waals surface area contributed by atoms with Crippen molar-refractivity contribution in [1.29, 1.82) is 0 Å². The Bertz CT molecular complexity index is 492. The van der Waals surface area contributed by atoms with Gasteiger partial charge in [-0.1, -0.05) is 6.58 Å². The number of fused-ring (bicyclic) bond motifs is 1. The summed E-state index contributed by atoms with van der Waals surface area (Å²) in [6.07, 6.45) is 3.08. The molecule has 0 unspecified atom stereocenters. The lowest BCUT2D eigenvalue weighted by Crippen LogP contribution is -1.96. The number of imidazole rings is 1. The van der Waals surface area contributed by atoms with E-state index in [1.54, 1.807) is 6.08 Å². The molecular formula is C8H7N5. The number of hydrogen-bond donors (Lipinski definition) is 2. The molecule has 2 aromatic rings. The summed E-state index contributed by atoms with van der Waals surface area (Å²) in [5.41, 5.74) is 9.41. The van der Waals surface area contributed by atoms with Crippen LogP contribution in [0.2, 0.25) is 0 Å². The number of nitrogens with zero attached hydrogens (tertiary/aromatic N) is 3. The van der Waals surface area contributed by atoms with Crippen LogP contribution in [0.15, 0.2) is 18.6 Å². The van der Waals surface area contributed by atoms with Crippen molar-refractivity contribution < 1.29 is 0 Å². The van der Waals surface area contributed by atoms with Crippen molar-refractivity contribution in [2.45, 2.75) is 0 Å². The highest BCUT2D eigenvalue weighted by molar-refractivity contribution is 5.81. The second kappa shape index (κ2) is 2.73. The zero-order valence-corrected chi connectivity index (χ0v) is 6.78. The summed E-state index contributed by atoms with van der Waals surface area (Å²) in [4.78, 5) is 14.9. The summed E-state index contributed by atoms with van der Waals surface area (Å²) in [7, 11) is 0. The van der Waals surface area contributed by atoms with Crippen molar-refractivity contribution in [1.82, 2.24) is 19.9 Å². The Kier molecular flexibility index (Phi) is 1.58. The van der Waals surface area contributed by atoms with Crippen LogP contribution in [0.1, 0.15) is 5.82 Å². The number of rotatable bonds is 1. The van der Waals surface area contributed by atoms with Gasteiger partial charge in [0.15, 0.2) is 17.3 Å². The Morgan fingerprint density at radius 1 is 1.54 bits per heavy atom. The predicted molar refractivity (Wildman–Crippen MR) is 49.7 cm³/mol. The first-order valence-electron chi connectivity index (χ1n) is 3.63. The first-order valence-corrected chi connectivity index (χ1v) is 3.63. The highest BCUT2D eigenvalue weighted by atomic mass is 15.0. The third-order valence-electron chi connectivity index (χ3n) is 1.55. The molecule has 5 heteroatoms. The van der Waals surface area contributed by atoms with E-state index < -0.39 is 0 Å². The SMILES string of the molecule is C=C=Cc1nc(N)c2nc[nH]c2n1. The van der Waals surface area contributed by atoms with Gasteiger partial charge >= 0.3 is 0 Å². The monoisotopic (exact) mass is 173 g/mol. The van der Waals surface area contributed by atoms with E-state index in [0.717, 1.165) is 0 Å². The molecule has 0 fully saturated rings. The molecule has 0 aliphatic heterocycles. The summed E-state index contributed by atoms with van der Waals surface area (Å²) < 4.78 is 0. The molecule has 0 bridgehead atoms. The van der Waals surface area contributed by atoms with E-state index in [9.17, 15) is 0 Å². The maximum absolute atomic E-state index is 5.63. The molecule has 0 radical (unpaired) electrons. The lowest BCUT2D eigenvalue weighted by Gasteiger charge is -1.94. The van der Waals surface area contributed by atoms with Crippen LogP contribution in [-0.4, -0.2) is 19.9 Å². The molecule has 2 rings (SSSR count). The molecule has 0 aliphatic carbocycles. The zero-order chi connectivity index (χ0) is 9.26. The summed E-state index contributed by atoms with van der Waals surface area (Å²) in [5.74, 6) is 0.831. The number of hydrogen-bond acceptors (Lipinski definition) is 4. The minimum absolute atomic E-state index is 0.354. The van der Waals surface area contributed by atoms with Crippen LogP contribution in [0.3, 0.4) is 0 Å². The Balaban J connectivity index is 2.76. The summed E-state index contributed by atoms with van der Waals surface area (Å²) in [6, 6.07) is 0. The molecule has 0 aliphatic rings. The number of aromatic amines is 1. The minimum Gasteiger partial charge on any atom is -0.382 e. The normalized spacial score (nSPS) is 9.85. The van der Waals surface area contributed by atoms with Gasteiger partial charge in [-0.05, 0) is 0 Å². The van der Waals surface area contributed by atoms with Gasteiger partial charge in [-0.15, -0.1) is 5.73 Å². The Morgan fingerprint density at radius 3 is 3.15 bits per heavy atom. The molecule has 0 saturated heterocycles. The first kappa shape index (κ1) is 7.52. The number of anilines is 1. The van der Waals surface area contributed by atoms with E-state index in [1.165, 1.54) is 6.33 Å². The smallest absolute Gasteiger partial charge is 0.164 e. The van der Waals surface area contributed by atoms with Crippen molar-refractivity contribution >= 4 is 23.1 Å². The van der Waals surface area contributed by atoms with Crippen LogP contribution in [0, 0.1) is 0 Å². The van der Waals surface area contributed by atoms with Gasteiger partial charge in [-0.2, -0.15) is 0 Å². The van der Waals surface area contributed by atoms with Gasteiger partial charge in [-0.25, -0.2) is 15.0 Å². The highest BCUT2D eigenvalue weighted by Gasteiger charge is 2.04. The fourth-order valence-corrected chi connectivity index (χ4v) is 1.03. The highest BCUT2D eigenvalue weighted by Crippen LogP contribution is 2.12. The lowest BCUT2D eigenvalue weighted by atomic mass is 10.4. The van der Waals surface area contributed by atoms with Crippen LogP contribution in [0.25, 0.3) is 17.2 Å². The number of H-pyrrole nitrogens is 1. The molecule has 0 aromatic carbocycles. The van der Waals surface area contributed by atoms with E-state index in [1.807, 2.05) is 0 Å². The van der Waals surface area contributed by atoms with Gasteiger partial charge < -0.3 is 10.7 Å². The third kappa shape index (κ3) is 1.17. The van der Waals surface area contributed by atoms with E-state index in [2.05, 4.69) is 32.2 Å². The molecule has 2 heterocycles. The predicted octanol–water partition coefficient (Wildman–Crippen LogP) is 0.733. The van der Waals surface area contributed by atoms with Gasteiger partial charge in [0.25, 0.3) is 0 Å². The van der Waals surface area contributed by atoms with E-state index >= 15 is 0 Å². The zero-order valence-electron chi connectivity index (χ0n) is 6.78. The van der Waals surface area contributed by atoms with Crippen molar-refractivity contribution in [3.8, 4) is 0 Å². The second-order valence-electron chi connectivity index (χ2n) is 2.42. The number of nitrogen functional groups attached to an aromatic ring is 1. The second-order valence-corrected chi connectivity index (χ2v) is 2.42. The molecule has 0 amide bonds. The van der Waals surface area contributed by atoms with E-state index in [4.69, 9.17) is 5.73 Å². The molecule has 0 spiro atoms. The molecular weight excluding hydrogens is 166 g/mol. The minimum atomic E-state index is 0.354. The van der Waals surface area contributed by atoms with Gasteiger partial charge in [0.1, 0.15) is 5.52 Å². The maximum atomic E-state index is 5.63. The average molecular weight is 173 g/mol. The average Bonchev–Trinajstić information content (AvgIpc) is 2.53. The van der Waals surface area contributed by atoms with Gasteiger partial charge in [0, 0.05) is 6.08 Å². The molecule has 0 saturated carbocycles. The van der Waals surface area contributed by atoms with E-state index in [-0.39, 0.29) is 0 Å². The van der Waals surface area contributed by atoms with Crippen LogP contribution in [0.5, 0.6) is 0 Å². The molecule has 2 aromatic heterocycles.